The van der Waals surface area contributed by atoms with Crippen LogP contribution in [-0.4, -0.2) is 46.3 Å². The van der Waals surface area contributed by atoms with Gasteiger partial charge in [0.15, 0.2) is 5.03 Å². The number of halogens is 4. The number of amides is 1. The Balaban J connectivity index is 0.00000368. The van der Waals surface area contributed by atoms with Gasteiger partial charge in [-0.1, -0.05) is 59.2 Å². The van der Waals surface area contributed by atoms with E-state index in [1.807, 2.05) is 33.0 Å². The first kappa shape index (κ1) is 42.7. The fourth-order valence-corrected chi connectivity index (χ4v) is 6.37. The van der Waals surface area contributed by atoms with Crippen LogP contribution in [0.2, 0.25) is 5.15 Å². The van der Waals surface area contributed by atoms with Crippen LogP contribution in [0.4, 0.5) is 5.82 Å². The molecule has 1 saturated heterocycles. The van der Waals surface area contributed by atoms with Crippen LogP contribution in [0.1, 0.15) is 108 Å². The fraction of sp³-hybridized carbons (Fsp3) is 0.531. The van der Waals surface area contributed by atoms with Gasteiger partial charge in [0.1, 0.15) is 16.8 Å². The van der Waals surface area contributed by atoms with Crippen molar-refractivity contribution in [1.82, 2.24) is 30.0 Å². The topological polar surface area (TPSA) is 139 Å². The Labute approximate surface area is 302 Å². The molecule has 0 aliphatic carbocycles. The molecule has 1 amide bonds. The molecule has 0 aromatic carbocycles. The quantitative estimate of drug-likeness (QED) is 0.194. The normalized spacial score (nSPS) is 16.6. The predicted molar refractivity (Wildman–Crippen MR) is 195 cm³/mol. The Kier molecular flexibility index (Phi) is 14.9. The van der Waals surface area contributed by atoms with Crippen molar-refractivity contribution in [1.29, 1.82) is 0 Å². The van der Waals surface area contributed by atoms with Crippen molar-refractivity contribution in [2.45, 2.75) is 102 Å². The third-order valence-corrected chi connectivity index (χ3v) is 9.26. The number of pyridine rings is 2. The summed E-state index contributed by atoms with van der Waals surface area (Å²) in [7, 11) is -4.34. The zero-order valence-corrected chi connectivity index (χ0v) is 32.1. The SMILES string of the molecule is CC1(C)C[C@H](CCC(Nc2cccc(S(=O)(=O)NC(=O)c3cnc(C(C)(C)C)nc3Cl)n2)c2cc(C(C)(C)C)ccn2)CN1.Cl.Cl.Cl. The van der Waals surface area contributed by atoms with Crippen LogP contribution in [0.15, 0.2) is 47.8 Å². The number of aromatic nitrogens is 4. The molecule has 1 unspecified atom stereocenters. The first-order valence-corrected chi connectivity index (χ1v) is 16.8. The summed E-state index contributed by atoms with van der Waals surface area (Å²) in [5.74, 6) is 0.370. The molecular formula is C32H47Cl4N7O3S. The van der Waals surface area contributed by atoms with Crippen LogP contribution < -0.4 is 15.4 Å². The summed E-state index contributed by atoms with van der Waals surface area (Å²) in [6, 6.07) is 8.54. The average Bonchev–Trinajstić information content (AvgIpc) is 3.28. The molecule has 1 fully saturated rings. The number of hydrogen-bond donors (Lipinski definition) is 3. The molecule has 10 nitrogen and oxygen atoms in total. The van der Waals surface area contributed by atoms with E-state index in [0.29, 0.717) is 17.6 Å². The van der Waals surface area contributed by atoms with Gasteiger partial charge in [-0.25, -0.2) is 19.7 Å². The lowest BCUT2D eigenvalue weighted by molar-refractivity contribution is 0.0980. The molecular weight excluding hydrogens is 704 g/mol. The van der Waals surface area contributed by atoms with E-state index < -0.39 is 21.3 Å². The number of anilines is 1. The maximum atomic E-state index is 13.3. The predicted octanol–water partition coefficient (Wildman–Crippen LogP) is 7.22. The van der Waals surface area contributed by atoms with Crippen LogP contribution in [0.3, 0.4) is 0 Å². The number of hydrogen-bond acceptors (Lipinski definition) is 9. The van der Waals surface area contributed by atoms with Gasteiger partial charge in [-0.2, -0.15) is 8.42 Å². The van der Waals surface area contributed by atoms with Gasteiger partial charge in [0.25, 0.3) is 15.9 Å². The largest absolute Gasteiger partial charge is 0.362 e. The highest BCUT2D eigenvalue weighted by atomic mass is 35.5. The number of nitrogens with zero attached hydrogens (tertiary/aromatic N) is 4. The number of carbonyl (C=O) groups excluding carboxylic acids is 1. The second kappa shape index (κ2) is 16.4. The van der Waals surface area contributed by atoms with Crippen LogP contribution in [0.25, 0.3) is 0 Å². The van der Waals surface area contributed by atoms with Crippen molar-refractivity contribution in [3.8, 4) is 0 Å². The summed E-state index contributed by atoms with van der Waals surface area (Å²) in [6.07, 6.45) is 5.87. The number of rotatable bonds is 9. The highest BCUT2D eigenvalue weighted by Gasteiger charge is 2.31. The third kappa shape index (κ3) is 11.4. The highest BCUT2D eigenvalue weighted by molar-refractivity contribution is 7.90. The number of nitrogens with one attached hydrogen (secondary N) is 3. The first-order chi connectivity index (χ1) is 20.3. The molecule has 0 spiro atoms. The summed E-state index contributed by atoms with van der Waals surface area (Å²) in [5.41, 5.74) is 1.52. The Morgan fingerprint density at radius 2 is 1.72 bits per heavy atom. The van der Waals surface area contributed by atoms with Crippen molar-refractivity contribution >= 4 is 70.6 Å². The smallest absolute Gasteiger partial charge is 0.281 e. The highest BCUT2D eigenvalue weighted by Crippen LogP contribution is 2.32. The molecule has 15 heteroatoms. The van der Waals surface area contributed by atoms with E-state index in [1.165, 1.54) is 12.3 Å². The van der Waals surface area contributed by atoms with Crippen molar-refractivity contribution in [2.24, 2.45) is 5.92 Å². The van der Waals surface area contributed by atoms with Gasteiger partial charge < -0.3 is 10.6 Å². The third-order valence-electron chi connectivity index (χ3n) is 7.74. The van der Waals surface area contributed by atoms with E-state index in [9.17, 15) is 13.2 Å². The van der Waals surface area contributed by atoms with Gasteiger partial charge in [0, 0.05) is 23.3 Å². The fourth-order valence-electron chi connectivity index (χ4n) is 5.22. The van der Waals surface area contributed by atoms with Crippen LogP contribution in [0, 0.1) is 5.92 Å². The minimum atomic E-state index is -4.34. The van der Waals surface area contributed by atoms with E-state index in [0.717, 1.165) is 37.1 Å². The van der Waals surface area contributed by atoms with Crippen LogP contribution in [-0.2, 0) is 20.9 Å². The van der Waals surface area contributed by atoms with Crippen LogP contribution >= 0.6 is 48.8 Å². The average molecular weight is 752 g/mol. The van der Waals surface area contributed by atoms with E-state index in [1.54, 1.807) is 12.1 Å². The summed E-state index contributed by atoms with van der Waals surface area (Å²) >= 11 is 6.24. The molecule has 1 aliphatic rings. The number of sulfonamides is 1. The minimum absolute atomic E-state index is 0. The second-order valence-electron chi connectivity index (χ2n) is 14.3. The maximum absolute atomic E-state index is 13.3. The minimum Gasteiger partial charge on any atom is -0.362 e. The molecule has 0 radical (unpaired) electrons. The Hall–Kier alpha value is -2.28. The maximum Gasteiger partial charge on any atom is 0.281 e. The van der Waals surface area contributed by atoms with Crippen LogP contribution in [0.5, 0.6) is 0 Å². The summed E-state index contributed by atoms with van der Waals surface area (Å²) in [6.45, 7) is 17.6. The van der Waals surface area contributed by atoms with Gasteiger partial charge in [-0.05, 0) is 80.8 Å². The molecule has 0 saturated carbocycles. The monoisotopic (exact) mass is 749 g/mol. The molecule has 262 valence electrons. The zero-order valence-electron chi connectivity index (χ0n) is 28.0. The zero-order chi connectivity index (χ0) is 32.5. The Morgan fingerprint density at radius 3 is 2.30 bits per heavy atom. The van der Waals surface area contributed by atoms with Gasteiger partial charge in [0.05, 0.1) is 17.3 Å². The van der Waals surface area contributed by atoms with Gasteiger partial charge >= 0.3 is 0 Å². The summed E-state index contributed by atoms with van der Waals surface area (Å²) in [5, 5.41) is 6.58. The molecule has 3 N–H and O–H groups in total. The summed E-state index contributed by atoms with van der Waals surface area (Å²) < 4.78 is 28.6. The molecule has 3 aromatic rings. The van der Waals surface area contributed by atoms with Gasteiger partial charge in [-0.3, -0.25) is 9.78 Å². The lowest BCUT2D eigenvalue weighted by Crippen LogP contribution is -2.32. The molecule has 2 atom stereocenters. The van der Waals surface area contributed by atoms with Gasteiger partial charge in [0.2, 0.25) is 0 Å². The number of carbonyl (C=O) groups is 1. The van der Waals surface area contributed by atoms with Crippen molar-refractivity contribution < 1.29 is 13.2 Å². The molecule has 0 bridgehead atoms. The van der Waals surface area contributed by atoms with Crippen molar-refractivity contribution in [2.75, 3.05) is 11.9 Å². The molecule has 1 aliphatic heterocycles. The van der Waals surface area contributed by atoms with Crippen molar-refractivity contribution in [3.63, 3.8) is 0 Å². The lowest BCUT2D eigenvalue weighted by atomic mass is 9.86. The van der Waals surface area contributed by atoms with E-state index in [4.69, 9.17) is 16.6 Å². The molecule has 47 heavy (non-hydrogen) atoms. The van der Waals surface area contributed by atoms with Crippen molar-refractivity contribution in [3.05, 3.63) is 70.5 Å². The van der Waals surface area contributed by atoms with E-state index >= 15 is 0 Å². The van der Waals surface area contributed by atoms with Gasteiger partial charge in [-0.15, -0.1) is 37.2 Å². The van der Waals surface area contributed by atoms with E-state index in [-0.39, 0.29) is 70.0 Å². The lowest BCUT2D eigenvalue weighted by Gasteiger charge is -2.24. The first-order valence-electron chi connectivity index (χ1n) is 14.9. The Morgan fingerprint density at radius 1 is 1.04 bits per heavy atom. The van der Waals surface area contributed by atoms with E-state index in [2.05, 4.69) is 71.0 Å². The standard InChI is InChI=1S/C32H44ClN7O3S.3ClH/c1-30(2,3)21-14-15-34-24(16-21)23(13-12-20-17-32(7,8)36-18-20)37-25-10-9-11-26(38-25)44(42,43)40-28(41)22-19-35-29(31(4,5)6)39-27(22)33;;;/h9-11,14-16,19-20,23,36H,12-13,17-18H2,1-8H3,(H,37,38)(H,40,41);3*1H/t20-,23?;;;/m0.../s1. The molecule has 3 aromatic heterocycles. The molecule has 4 rings (SSSR count). The Bertz CT molecular complexity index is 1630. The second-order valence-corrected chi connectivity index (χ2v) is 16.3. The molecule has 4 heterocycles. The summed E-state index contributed by atoms with van der Waals surface area (Å²) in [4.78, 5) is 30.4.